The predicted molar refractivity (Wildman–Crippen MR) is 78.1 cm³/mol. The molecule has 1 aliphatic rings. The molecule has 0 spiro atoms. The number of ketones is 1. The molecule has 0 aromatic heterocycles. The molecule has 1 aromatic rings. The van der Waals surface area contributed by atoms with Crippen molar-refractivity contribution in [2.75, 3.05) is 13.1 Å². The Morgan fingerprint density at radius 1 is 1.43 bits per heavy atom. The summed E-state index contributed by atoms with van der Waals surface area (Å²) in [4.78, 5) is 11.9. The minimum Gasteiger partial charge on any atom is -0.299 e. The average molecular weight is 306 g/mol. The van der Waals surface area contributed by atoms with E-state index in [1.54, 1.807) is 6.92 Å². The van der Waals surface area contributed by atoms with Gasteiger partial charge in [0.05, 0.1) is 16.5 Å². The molecule has 112 valence electrons. The van der Waals surface area contributed by atoms with Gasteiger partial charge in [-0.3, -0.25) is 4.79 Å². The summed E-state index contributed by atoms with van der Waals surface area (Å²) in [7, 11) is -3.60. The SMILES string of the molecule is CCC1CN(S(=O)(=O)c2ccc(C#N)c(C)c2)CCC1=O. The lowest BCUT2D eigenvalue weighted by atomic mass is 9.96. The van der Waals surface area contributed by atoms with Gasteiger partial charge in [-0.05, 0) is 37.1 Å². The second-order valence-corrected chi connectivity index (χ2v) is 7.21. The van der Waals surface area contributed by atoms with Gasteiger partial charge in [0.1, 0.15) is 5.78 Å². The predicted octanol–water partition coefficient (Wildman–Crippen LogP) is 1.86. The highest BCUT2D eigenvalue weighted by molar-refractivity contribution is 7.89. The molecule has 0 N–H and O–H groups in total. The second kappa shape index (κ2) is 5.96. The van der Waals surface area contributed by atoms with E-state index in [9.17, 15) is 13.2 Å². The van der Waals surface area contributed by atoms with Gasteiger partial charge in [0.25, 0.3) is 0 Å². The van der Waals surface area contributed by atoms with Crippen molar-refractivity contribution in [1.29, 1.82) is 5.26 Å². The van der Waals surface area contributed by atoms with E-state index in [0.717, 1.165) is 0 Å². The number of hydrogen-bond acceptors (Lipinski definition) is 4. The minimum absolute atomic E-state index is 0.139. The van der Waals surface area contributed by atoms with Crippen LogP contribution in [-0.4, -0.2) is 31.6 Å². The fourth-order valence-corrected chi connectivity index (χ4v) is 4.10. The number of nitrogens with zero attached hydrogens (tertiary/aromatic N) is 2. The molecular formula is C15H18N2O3S. The third-order valence-electron chi connectivity index (χ3n) is 3.94. The summed E-state index contributed by atoms with van der Waals surface area (Å²) in [5, 5.41) is 8.91. The number of nitriles is 1. The van der Waals surface area contributed by atoms with Gasteiger partial charge in [-0.2, -0.15) is 9.57 Å². The number of aryl methyl sites for hydroxylation is 1. The van der Waals surface area contributed by atoms with Crippen LogP contribution in [0.15, 0.2) is 23.1 Å². The number of carbonyl (C=O) groups excluding carboxylic acids is 1. The Kier molecular flexibility index (Phi) is 4.45. The van der Waals surface area contributed by atoms with E-state index in [0.29, 0.717) is 17.5 Å². The van der Waals surface area contributed by atoms with Crippen molar-refractivity contribution >= 4 is 15.8 Å². The molecule has 1 fully saturated rings. The van der Waals surface area contributed by atoms with E-state index in [1.807, 2.05) is 13.0 Å². The fourth-order valence-electron chi connectivity index (χ4n) is 2.52. The number of rotatable bonds is 3. The number of sulfonamides is 1. The maximum absolute atomic E-state index is 12.6. The standard InChI is InChI=1S/C15H18N2O3S/c1-3-12-10-17(7-6-15(12)18)21(19,20)14-5-4-13(9-16)11(2)8-14/h4-5,8,12H,3,6-7,10H2,1-2H3. The van der Waals surface area contributed by atoms with Gasteiger partial charge in [-0.15, -0.1) is 0 Å². The van der Waals surface area contributed by atoms with Gasteiger partial charge in [0.15, 0.2) is 0 Å². The van der Waals surface area contributed by atoms with Crippen LogP contribution in [0.3, 0.4) is 0 Å². The van der Waals surface area contributed by atoms with Gasteiger partial charge < -0.3 is 0 Å². The first-order chi connectivity index (χ1) is 9.90. The molecule has 1 unspecified atom stereocenters. The lowest BCUT2D eigenvalue weighted by Crippen LogP contribution is -2.43. The van der Waals surface area contributed by atoms with E-state index in [-0.39, 0.29) is 36.1 Å². The van der Waals surface area contributed by atoms with Crippen LogP contribution in [0.5, 0.6) is 0 Å². The molecule has 1 saturated heterocycles. The number of carbonyl (C=O) groups is 1. The van der Waals surface area contributed by atoms with Crippen LogP contribution in [0, 0.1) is 24.2 Å². The first kappa shape index (κ1) is 15.7. The van der Waals surface area contributed by atoms with Gasteiger partial charge in [-0.25, -0.2) is 8.42 Å². The summed E-state index contributed by atoms with van der Waals surface area (Å²) in [6, 6.07) is 6.52. The molecule has 0 amide bonds. The molecule has 0 saturated carbocycles. The van der Waals surface area contributed by atoms with Gasteiger partial charge in [0.2, 0.25) is 10.0 Å². The van der Waals surface area contributed by atoms with Crippen molar-refractivity contribution in [1.82, 2.24) is 4.31 Å². The van der Waals surface area contributed by atoms with Crippen molar-refractivity contribution < 1.29 is 13.2 Å². The van der Waals surface area contributed by atoms with E-state index >= 15 is 0 Å². The average Bonchev–Trinajstić information content (AvgIpc) is 2.47. The molecule has 1 heterocycles. The monoisotopic (exact) mass is 306 g/mol. The zero-order chi connectivity index (χ0) is 15.6. The Hall–Kier alpha value is -1.71. The highest BCUT2D eigenvalue weighted by Gasteiger charge is 2.33. The summed E-state index contributed by atoms with van der Waals surface area (Å²) in [6.45, 7) is 4.09. The number of benzene rings is 1. The summed E-state index contributed by atoms with van der Waals surface area (Å²) in [5.74, 6) is -0.0760. The van der Waals surface area contributed by atoms with E-state index in [2.05, 4.69) is 0 Å². The summed E-state index contributed by atoms with van der Waals surface area (Å²) >= 11 is 0. The van der Waals surface area contributed by atoms with Crippen molar-refractivity contribution in [3.8, 4) is 6.07 Å². The van der Waals surface area contributed by atoms with Gasteiger partial charge >= 0.3 is 0 Å². The highest BCUT2D eigenvalue weighted by Crippen LogP contribution is 2.24. The fraction of sp³-hybridized carbons (Fsp3) is 0.467. The minimum atomic E-state index is -3.60. The van der Waals surface area contributed by atoms with Crippen LogP contribution in [-0.2, 0) is 14.8 Å². The first-order valence-corrected chi connectivity index (χ1v) is 8.37. The van der Waals surface area contributed by atoms with E-state index < -0.39 is 10.0 Å². The molecule has 2 rings (SSSR count). The van der Waals surface area contributed by atoms with Crippen molar-refractivity contribution in [3.05, 3.63) is 29.3 Å². The third kappa shape index (κ3) is 2.99. The molecule has 0 bridgehead atoms. The Bertz CT molecular complexity index is 704. The molecule has 0 aliphatic carbocycles. The second-order valence-electron chi connectivity index (χ2n) is 5.27. The number of hydrogen-bond donors (Lipinski definition) is 0. The molecule has 21 heavy (non-hydrogen) atoms. The largest absolute Gasteiger partial charge is 0.299 e. The normalized spacial score (nSPS) is 20.2. The highest BCUT2D eigenvalue weighted by atomic mass is 32.2. The number of piperidine rings is 1. The van der Waals surface area contributed by atoms with E-state index in [4.69, 9.17) is 5.26 Å². The van der Waals surface area contributed by atoms with Crippen LogP contribution in [0.1, 0.15) is 30.9 Å². The van der Waals surface area contributed by atoms with Gasteiger partial charge in [0, 0.05) is 25.4 Å². The van der Waals surface area contributed by atoms with E-state index in [1.165, 1.54) is 22.5 Å². The lowest BCUT2D eigenvalue weighted by Gasteiger charge is -2.30. The molecular weight excluding hydrogens is 288 g/mol. The quantitative estimate of drug-likeness (QED) is 0.854. The zero-order valence-electron chi connectivity index (χ0n) is 12.2. The summed E-state index contributed by atoms with van der Waals surface area (Å²) in [6.07, 6.45) is 0.921. The third-order valence-corrected chi connectivity index (χ3v) is 5.80. The Morgan fingerprint density at radius 3 is 2.71 bits per heavy atom. The van der Waals surface area contributed by atoms with Crippen molar-refractivity contribution in [2.45, 2.75) is 31.6 Å². The molecule has 1 aromatic carbocycles. The maximum Gasteiger partial charge on any atom is 0.243 e. The molecule has 1 atom stereocenters. The van der Waals surface area contributed by atoms with Crippen LogP contribution in [0.25, 0.3) is 0 Å². The maximum atomic E-state index is 12.6. The van der Waals surface area contributed by atoms with Crippen molar-refractivity contribution in [2.24, 2.45) is 5.92 Å². The molecule has 5 nitrogen and oxygen atoms in total. The number of Topliss-reactive ketones (excluding diaryl/α,β-unsaturated/α-hetero) is 1. The van der Waals surface area contributed by atoms with Gasteiger partial charge in [-0.1, -0.05) is 6.92 Å². The first-order valence-electron chi connectivity index (χ1n) is 6.93. The van der Waals surface area contributed by atoms with Crippen LogP contribution in [0.4, 0.5) is 0 Å². The molecule has 6 heteroatoms. The molecule has 0 radical (unpaired) electrons. The lowest BCUT2D eigenvalue weighted by molar-refractivity contribution is -0.125. The Morgan fingerprint density at radius 2 is 2.14 bits per heavy atom. The Balaban J connectivity index is 2.32. The topological polar surface area (TPSA) is 78.2 Å². The zero-order valence-corrected chi connectivity index (χ0v) is 13.0. The van der Waals surface area contributed by atoms with Crippen molar-refractivity contribution in [3.63, 3.8) is 0 Å². The van der Waals surface area contributed by atoms with Crippen LogP contribution >= 0.6 is 0 Å². The molecule has 1 aliphatic heterocycles. The Labute approximate surface area is 125 Å². The summed E-state index contributed by atoms with van der Waals surface area (Å²) < 4.78 is 26.7. The van der Waals surface area contributed by atoms with Crippen LogP contribution < -0.4 is 0 Å². The smallest absolute Gasteiger partial charge is 0.243 e. The summed E-state index contributed by atoms with van der Waals surface area (Å²) in [5.41, 5.74) is 1.10. The van der Waals surface area contributed by atoms with Crippen LogP contribution in [0.2, 0.25) is 0 Å².